The van der Waals surface area contributed by atoms with Crippen LogP contribution in [0, 0.1) is 11.3 Å². The lowest BCUT2D eigenvalue weighted by Gasteiger charge is -2.36. The second-order valence-electron chi connectivity index (χ2n) is 5.54. The number of amides is 1. The second-order valence-corrected chi connectivity index (χ2v) is 5.54. The molecule has 0 aromatic rings. The van der Waals surface area contributed by atoms with Gasteiger partial charge in [-0.1, -0.05) is 20.8 Å². The molecule has 1 fully saturated rings. The maximum Gasteiger partial charge on any atom is 0.226 e. The van der Waals surface area contributed by atoms with Gasteiger partial charge in [0.1, 0.15) is 0 Å². The first-order valence-electron chi connectivity index (χ1n) is 6.65. The zero-order valence-electron chi connectivity index (χ0n) is 11.3. The van der Waals surface area contributed by atoms with Gasteiger partial charge < -0.3 is 15.7 Å². The molecule has 0 aliphatic carbocycles. The van der Waals surface area contributed by atoms with Gasteiger partial charge in [0.05, 0.1) is 6.10 Å². The van der Waals surface area contributed by atoms with Gasteiger partial charge in [-0.2, -0.15) is 0 Å². The van der Waals surface area contributed by atoms with Crippen molar-refractivity contribution < 1.29 is 9.90 Å². The molecule has 2 unspecified atom stereocenters. The molecule has 0 aromatic heterocycles. The number of hydrogen-bond donors (Lipinski definition) is 3. The van der Waals surface area contributed by atoms with Gasteiger partial charge in [0.2, 0.25) is 5.91 Å². The van der Waals surface area contributed by atoms with Gasteiger partial charge in [-0.25, -0.2) is 0 Å². The molecule has 100 valence electrons. The van der Waals surface area contributed by atoms with Crippen molar-refractivity contribution in [1.29, 1.82) is 0 Å². The van der Waals surface area contributed by atoms with E-state index in [1.165, 1.54) is 0 Å². The number of aliphatic hydroxyl groups excluding tert-OH is 1. The summed E-state index contributed by atoms with van der Waals surface area (Å²) in [6, 6.07) is 0. The summed E-state index contributed by atoms with van der Waals surface area (Å²) in [4.78, 5) is 12.1. The van der Waals surface area contributed by atoms with Gasteiger partial charge in [0.15, 0.2) is 0 Å². The number of hydrogen-bond acceptors (Lipinski definition) is 3. The van der Waals surface area contributed by atoms with E-state index in [4.69, 9.17) is 0 Å². The molecule has 0 spiro atoms. The van der Waals surface area contributed by atoms with Gasteiger partial charge in [-0.05, 0) is 38.3 Å². The Kier molecular flexibility index (Phi) is 5.40. The van der Waals surface area contributed by atoms with E-state index < -0.39 is 6.10 Å². The first kappa shape index (κ1) is 14.5. The quantitative estimate of drug-likeness (QED) is 0.671. The topological polar surface area (TPSA) is 61.4 Å². The Morgan fingerprint density at radius 3 is 2.82 bits per heavy atom. The molecule has 1 aliphatic rings. The fourth-order valence-corrected chi connectivity index (χ4v) is 2.24. The number of nitrogens with one attached hydrogen (secondary N) is 2. The van der Waals surface area contributed by atoms with Crippen LogP contribution in [-0.4, -0.2) is 36.8 Å². The molecule has 1 heterocycles. The number of piperidine rings is 1. The zero-order valence-corrected chi connectivity index (χ0v) is 11.3. The SMILES string of the molecule is CCC(O)CNC(=O)C(C)(C)C1CCCNC1. The lowest BCUT2D eigenvalue weighted by molar-refractivity contribution is -0.133. The number of carbonyl (C=O) groups excluding carboxylic acids is 1. The highest BCUT2D eigenvalue weighted by Crippen LogP contribution is 2.31. The molecule has 4 nitrogen and oxygen atoms in total. The van der Waals surface area contributed by atoms with E-state index in [0.29, 0.717) is 18.9 Å². The third-order valence-electron chi connectivity index (χ3n) is 3.87. The molecule has 1 amide bonds. The lowest BCUT2D eigenvalue weighted by Crippen LogP contribution is -2.48. The van der Waals surface area contributed by atoms with Crippen LogP contribution in [0.2, 0.25) is 0 Å². The van der Waals surface area contributed by atoms with Gasteiger partial charge in [0.25, 0.3) is 0 Å². The predicted molar refractivity (Wildman–Crippen MR) is 68.7 cm³/mol. The van der Waals surface area contributed by atoms with E-state index in [9.17, 15) is 9.90 Å². The molecule has 1 aliphatic heterocycles. The van der Waals surface area contributed by atoms with Crippen molar-refractivity contribution >= 4 is 5.91 Å². The molecule has 0 radical (unpaired) electrons. The van der Waals surface area contributed by atoms with Crippen LogP contribution < -0.4 is 10.6 Å². The highest BCUT2D eigenvalue weighted by molar-refractivity contribution is 5.82. The van der Waals surface area contributed by atoms with Crippen LogP contribution in [0.1, 0.15) is 40.0 Å². The van der Waals surface area contributed by atoms with Crippen LogP contribution in [-0.2, 0) is 4.79 Å². The maximum atomic E-state index is 12.1. The normalized spacial score (nSPS) is 23.2. The second kappa shape index (κ2) is 6.36. The third-order valence-corrected chi connectivity index (χ3v) is 3.87. The van der Waals surface area contributed by atoms with Gasteiger partial charge >= 0.3 is 0 Å². The van der Waals surface area contributed by atoms with Crippen molar-refractivity contribution in [3.05, 3.63) is 0 Å². The van der Waals surface area contributed by atoms with E-state index in [-0.39, 0.29) is 11.3 Å². The van der Waals surface area contributed by atoms with Crippen LogP contribution in [0.3, 0.4) is 0 Å². The van der Waals surface area contributed by atoms with Crippen molar-refractivity contribution in [3.63, 3.8) is 0 Å². The molecule has 4 heteroatoms. The van der Waals surface area contributed by atoms with Crippen molar-refractivity contribution in [1.82, 2.24) is 10.6 Å². The largest absolute Gasteiger partial charge is 0.391 e. The van der Waals surface area contributed by atoms with Crippen molar-refractivity contribution in [2.75, 3.05) is 19.6 Å². The maximum absolute atomic E-state index is 12.1. The summed E-state index contributed by atoms with van der Waals surface area (Å²) < 4.78 is 0. The minimum absolute atomic E-state index is 0.0544. The number of rotatable bonds is 5. The monoisotopic (exact) mass is 242 g/mol. The first-order chi connectivity index (χ1) is 7.98. The standard InChI is InChI=1S/C13H26N2O2/c1-4-11(16)9-15-12(17)13(2,3)10-6-5-7-14-8-10/h10-11,14,16H,4-9H2,1-3H3,(H,15,17). The van der Waals surface area contributed by atoms with Gasteiger partial charge in [-0.15, -0.1) is 0 Å². The van der Waals surface area contributed by atoms with Crippen molar-refractivity contribution in [3.8, 4) is 0 Å². The van der Waals surface area contributed by atoms with Crippen LogP contribution in [0.4, 0.5) is 0 Å². The Morgan fingerprint density at radius 1 is 1.59 bits per heavy atom. The summed E-state index contributed by atoms with van der Waals surface area (Å²) in [5, 5.41) is 15.7. The summed E-state index contributed by atoms with van der Waals surface area (Å²) in [5.41, 5.74) is -0.360. The fourth-order valence-electron chi connectivity index (χ4n) is 2.24. The number of aliphatic hydroxyl groups is 1. The van der Waals surface area contributed by atoms with Crippen LogP contribution in [0.5, 0.6) is 0 Å². The summed E-state index contributed by atoms with van der Waals surface area (Å²) >= 11 is 0. The summed E-state index contributed by atoms with van der Waals surface area (Å²) in [7, 11) is 0. The smallest absolute Gasteiger partial charge is 0.226 e. The van der Waals surface area contributed by atoms with Crippen molar-refractivity contribution in [2.45, 2.75) is 46.1 Å². The Labute approximate surface area is 104 Å². The Bertz CT molecular complexity index is 248. The predicted octanol–water partition coefficient (Wildman–Crippen LogP) is 0.899. The van der Waals surface area contributed by atoms with Crippen molar-refractivity contribution in [2.24, 2.45) is 11.3 Å². The highest BCUT2D eigenvalue weighted by Gasteiger charge is 2.37. The molecule has 0 saturated carbocycles. The Balaban J connectivity index is 2.47. The molecule has 0 bridgehead atoms. The zero-order chi connectivity index (χ0) is 12.9. The Hall–Kier alpha value is -0.610. The van der Waals surface area contributed by atoms with E-state index in [1.54, 1.807) is 0 Å². The average molecular weight is 242 g/mol. The highest BCUT2D eigenvalue weighted by atomic mass is 16.3. The van der Waals surface area contributed by atoms with Gasteiger partial charge in [0, 0.05) is 12.0 Å². The molecule has 2 atom stereocenters. The summed E-state index contributed by atoms with van der Waals surface area (Å²) in [6.45, 7) is 8.24. The first-order valence-corrected chi connectivity index (χ1v) is 6.65. The average Bonchev–Trinajstić information content (AvgIpc) is 2.36. The van der Waals surface area contributed by atoms with Crippen LogP contribution >= 0.6 is 0 Å². The molecular formula is C13H26N2O2. The molecular weight excluding hydrogens is 216 g/mol. The Morgan fingerprint density at radius 2 is 2.29 bits per heavy atom. The molecule has 3 N–H and O–H groups in total. The minimum atomic E-state index is -0.431. The molecule has 1 saturated heterocycles. The lowest BCUT2D eigenvalue weighted by atomic mass is 9.74. The minimum Gasteiger partial charge on any atom is -0.391 e. The van der Waals surface area contributed by atoms with E-state index in [2.05, 4.69) is 10.6 Å². The third kappa shape index (κ3) is 3.96. The molecule has 17 heavy (non-hydrogen) atoms. The van der Waals surface area contributed by atoms with E-state index in [1.807, 2.05) is 20.8 Å². The fraction of sp³-hybridized carbons (Fsp3) is 0.923. The van der Waals surface area contributed by atoms with Crippen LogP contribution in [0.25, 0.3) is 0 Å². The van der Waals surface area contributed by atoms with Gasteiger partial charge in [-0.3, -0.25) is 4.79 Å². The number of carbonyl (C=O) groups is 1. The van der Waals surface area contributed by atoms with E-state index in [0.717, 1.165) is 25.9 Å². The van der Waals surface area contributed by atoms with Crippen LogP contribution in [0.15, 0.2) is 0 Å². The molecule has 1 rings (SSSR count). The van der Waals surface area contributed by atoms with E-state index >= 15 is 0 Å². The summed E-state index contributed by atoms with van der Waals surface area (Å²) in [5.74, 6) is 0.439. The summed E-state index contributed by atoms with van der Waals surface area (Å²) in [6.07, 6.45) is 2.48. The molecule has 0 aromatic carbocycles.